The van der Waals surface area contributed by atoms with Crippen LogP contribution in [0.3, 0.4) is 0 Å². The van der Waals surface area contributed by atoms with Gasteiger partial charge in [-0.25, -0.2) is 9.78 Å². The molecule has 0 radical (unpaired) electrons. The van der Waals surface area contributed by atoms with Gasteiger partial charge in [0, 0.05) is 31.1 Å². The second kappa shape index (κ2) is 7.81. The highest BCUT2D eigenvalue weighted by molar-refractivity contribution is 6.30. The molecule has 2 heterocycles. The summed E-state index contributed by atoms with van der Waals surface area (Å²) in [6.45, 7) is 3.03. The number of ether oxygens (including phenoxy) is 1. The Morgan fingerprint density at radius 1 is 1.29 bits per heavy atom. The van der Waals surface area contributed by atoms with Gasteiger partial charge in [0.2, 0.25) is 0 Å². The van der Waals surface area contributed by atoms with Crippen molar-refractivity contribution in [2.45, 2.75) is 18.8 Å². The molecule has 0 bridgehead atoms. The van der Waals surface area contributed by atoms with E-state index in [2.05, 4.69) is 21.6 Å². The number of fused-ring (bicyclic) bond motifs is 1. The van der Waals surface area contributed by atoms with E-state index >= 15 is 0 Å². The van der Waals surface area contributed by atoms with E-state index in [-0.39, 0.29) is 0 Å². The Balaban J connectivity index is 1.47. The average Bonchev–Trinajstić information content (AvgIpc) is 3.26. The number of aromatic nitrogens is 2. The average molecular weight is 399 g/mol. The molecule has 1 atom stereocenters. The number of carbonyl (C=O) groups is 1. The fourth-order valence-electron chi connectivity index (χ4n) is 3.95. The lowest BCUT2D eigenvalue weighted by atomic mass is 10.1. The predicted molar refractivity (Wildman–Crippen MR) is 110 cm³/mol. The van der Waals surface area contributed by atoms with Gasteiger partial charge in [0.25, 0.3) is 0 Å². The molecule has 4 rings (SSSR count). The van der Waals surface area contributed by atoms with Gasteiger partial charge in [-0.2, -0.15) is 0 Å². The molecule has 3 aromatic rings. The molecule has 28 heavy (non-hydrogen) atoms. The van der Waals surface area contributed by atoms with E-state index in [1.807, 2.05) is 31.3 Å². The van der Waals surface area contributed by atoms with Crippen molar-refractivity contribution in [2.24, 2.45) is 12.8 Å². The molecular weight excluding hydrogens is 376 g/mol. The number of aryl methyl sites for hydroxylation is 1. The molecule has 146 valence electrons. The van der Waals surface area contributed by atoms with Crippen LogP contribution in [0, 0.1) is 0 Å². The van der Waals surface area contributed by atoms with Gasteiger partial charge >= 0.3 is 6.09 Å². The van der Waals surface area contributed by atoms with Crippen molar-refractivity contribution in [1.82, 2.24) is 14.5 Å². The minimum absolute atomic E-state index is 0.351. The van der Waals surface area contributed by atoms with Crippen LogP contribution < -0.4 is 10.5 Å². The molecule has 0 aliphatic carbocycles. The summed E-state index contributed by atoms with van der Waals surface area (Å²) in [4.78, 5) is 18.4. The third kappa shape index (κ3) is 3.84. The van der Waals surface area contributed by atoms with Crippen molar-refractivity contribution in [1.29, 1.82) is 0 Å². The van der Waals surface area contributed by atoms with E-state index in [1.54, 1.807) is 6.07 Å². The molecule has 2 aromatic carbocycles. The fourth-order valence-corrected chi connectivity index (χ4v) is 4.07. The number of amides is 1. The van der Waals surface area contributed by atoms with Gasteiger partial charge in [-0.15, -0.1) is 0 Å². The first-order valence-corrected chi connectivity index (χ1v) is 9.78. The number of imidazole rings is 1. The summed E-state index contributed by atoms with van der Waals surface area (Å²) in [5.74, 6) is 1.78. The number of hydrogen-bond acceptors (Lipinski definition) is 4. The number of benzene rings is 2. The quantitative estimate of drug-likeness (QED) is 0.710. The maximum absolute atomic E-state index is 11.2. The maximum Gasteiger partial charge on any atom is 0.410 e. The van der Waals surface area contributed by atoms with Crippen LogP contribution in [0.1, 0.15) is 23.7 Å². The van der Waals surface area contributed by atoms with Crippen LogP contribution in [0.25, 0.3) is 11.0 Å². The Morgan fingerprint density at radius 3 is 2.82 bits per heavy atom. The Morgan fingerprint density at radius 2 is 2.07 bits per heavy atom. The van der Waals surface area contributed by atoms with Crippen LogP contribution >= 0.6 is 11.6 Å². The normalized spacial score (nSPS) is 17.3. The molecule has 1 saturated heterocycles. The molecule has 0 saturated carbocycles. The van der Waals surface area contributed by atoms with E-state index in [1.165, 1.54) is 5.56 Å². The molecular formula is C21H23ClN4O2. The summed E-state index contributed by atoms with van der Waals surface area (Å²) in [7, 11) is 2.01. The van der Waals surface area contributed by atoms with Crippen molar-refractivity contribution in [3.63, 3.8) is 0 Å². The highest BCUT2D eigenvalue weighted by Crippen LogP contribution is 2.32. The lowest BCUT2D eigenvalue weighted by Crippen LogP contribution is -2.23. The molecule has 1 aromatic heterocycles. The summed E-state index contributed by atoms with van der Waals surface area (Å²) in [5.41, 5.74) is 8.09. The number of hydrogen-bond donors (Lipinski definition) is 1. The molecule has 7 heteroatoms. The summed E-state index contributed by atoms with van der Waals surface area (Å²) >= 11 is 5.96. The van der Waals surface area contributed by atoms with Gasteiger partial charge < -0.3 is 19.9 Å². The zero-order valence-corrected chi connectivity index (χ0v) is 16.5. The smallest absolute Gasteiger partial charge is 0.408 e. The molecule has 2 N–H and O–H groups in total. The Hall–Kier alpha value is -2.57. The van der Waals surface area contributed by atoms with Gasteiger partial charge in [-0.05, 0) is 49.2 Å². The van der Waals surface area contributed by atoms with Gasteiger partial charge in [-0.1, -0.05) is 29.8 Å². The van der Waals surface area contributed by atoms with E-state index in [0.717, 1.165) is 48.8 Å². The predicted octanol–water partition coefficient (Wildman–Crippen LogP) is 3.72. The standard InChI is InChI=1S/C21H23ClN4O2/c1-25-17-3-2-4-18(28-21(23)27)19(17)24-20(25)15-10-12-26(13-15)11-9-14-5-7-16(22)8-6-14/h2-8,15H,9-13H2,1H3,(H2,23,27). The number of carbonyl (C=O) groups excluding carboxylic acids is 1. The monoisotopic (exact) mass is 398 g/mol. The van der Waals surface area contributed by atoms with Crippen LogP contribution in [0.15, 0.2) is 42.5 Å². The van der Waals surface area contributed by atoms with Gasteiger partial charge in [0.15, 0.2) is 5.75 Å². The molecule has 1 amide bonds. The lowest BCUT2D eigenvalue weighted by molar-refractivity contribution is 0.211. The number of para-hydroxylation sites is 1. The number of primary amides is 1. The van der Waals surface area contributed by atoms with Gasteiger partial charge in [0.1, 0.15) is 11.3 Å². The first-order chi connectivity index (χ1) is 13.5. The van der Waals surface area contributed by atoms with Crippen LogP contribution in [-0.4, -0.2) is 40.2 Å². The second-order valence-electron chi connectivity index (χ2n) is 7.24. The number of likely N-dealkylation sites (tertiary alicyclic amines) is 1. The highest BCUT2D eigenvalue weighted by Gasteiger charge is 2.28. The minimum Gasteiger partial charge on any atom is -0.408 e. The summed E-state index contributed by atoms with van der Waals surface area (Å²) in [6.07, 6.45) is 1.24. The SMILES string of the molecule is Cn1c(C2CCN(CCc3ccc(Cl)cc3)C2)nc2c(OC(N)=O)cccc21. The Kier molecular flexibility index (Phi) is 5.24. The Labute approximate surface area is 168 Å². The van der Waals surface area contributed by atoms with Crippen molar-refractivity contribution < 1.29 is 9.53 Å². The van der Waals surface area contributed by atoms with E-state index in [0.29, 0.717) is 17.2 Å². The van der Waals surface area contributed by atoms with E-state index < -0.39 is 6.09 Å². The topological polar surface area (TPSA) is 73.4 Å². The molecule has 1 fully saturated rings. The van der Waals surface area contributed by atoms with Gasteiger partial charge in [-0.3, -0.25) is 0 Å². The molecule has 0 spiro atoms. The van der Waals surface area contributed by atoms with Crippen molar-refractivity contribution in [3.05, 3.63) is 58.9 Å². The Bertz CT molecular complexity index is 1000. The number of halogens is 1. The zero-order chi connectivity index (χ0) is 19.7. The number of rotatable bonds is 5. The molecule has 1 unspecified atom stereocenters. The zero-order valence-electron chi connectivity index (χ0n) is 15.8. The van der Waals surface area contributed by atoms with Crippen molar-refractivity contribution in [3.8, 4) is 5.75 Å². The van der Waals surface area contributed by atoms with E-state index in [9.17, 15) is 4.79 Å². The molecule has 1 aliphatic heterocycles. The summed E-state index contributed by atoms with van der Waals surface area (Å²) in [6, 6.07) is 13.6. The summed E-state index contributed by atoms with van der Waals surface area (Å²) < 4.78 is 7.21. The van der Waals surface area contributed by atoms with Crippen molar-refractivity contribution >= 4 is 28.7 Å². The van der Waals surface area contributed by atoms with E-state index in [4.69, 9.17) is 27.1 Å². The molecule has 6 nitrogen and oxygen atoms in total. The third-order valence-corrected chi connectivity index (χ3v) is 5.64. The van der Waals surface area contributed by atoms with Crippen molar-refractivity contribution in [2.75, 3.05) is 19.6 Å². The molecule has 1 aliphatic rings. The third-order valence-electron chi connectivity index (χ3n) is 5.39. The van der Waals surface area contributed by atoms with Crippen LogP contribution in [0.2, 0.25) is 5.02 Å². The fraction of sp³-hybridized carbons (Fsp3) is 0.333. The second-order valence-corrected chi connectivity index (χ2v) is 7.67. The minimum atomic E-state index is -0.825. The van der Waals surface area contributed by atoms with Crippen LogP contribution in [0.5, 0.6) is 5.75 Å². The lowest BCUT2D eigenvalue weighted by Gasteiger charge is -2.16. The number of nitrogens with two attached hydrogens (primary N) is 1. The largest absolute Gasteiger partial charge is 0.410 e. The van der Waals surface area contributed by atoms with Crippen LogP contribution in [-0.2, 0) is 13.5 Å². The van der Waals surface area contributed by atoms with Gasteiger partial charge in [0.05, 0.1) is 5.52 Å². The summed E-state index contributed by atoms with van der Waals surface area (Å²) in [5, 5.41) is 0.770. The number of nitrogens with zero attached hydrogens (tertiary/aromatic N) is 3. The maximum atomic E-state index is 11.2. The highest BCUT2D eigenvalue weighted by atomic mass is 35.5. The first-order valence-electron chi connectivity index (χ1n) is 9.40. The van der Waals surface area contributed by atoms with Crippen LogP contribution in [0.4, 0.5) is 4.79 Å². The first kappa shape index (κ1) is 18.8.